The second kappa shape index (κ2) is 5.52. The van der Waals surface area contributed by atoms with E-state index < -0.39 is 0 Å². The number of aromatic nitrogens is 4. The maximum atomic E-state index is 12.7. The van der Waals surface area contributed by atoms with Crippen LogP contribution in [0.4, 0.5) is 5.69 Å². The van der Waals surface area contributed by atoms with Gasteiger partial charge in [0, 0.05) is 42.8 Å². The summed E-state index contributed by atoms with van der Waals surface area (Å²) in [5.41, 5.74) is 3.11. The van der Waals surface area contributed by atoms with Gasteiger partial charge < -0.3 is 19.6 Å². The van der Waals surface area contributed by atoms with Crippen LogP contribution in [-0.4, -0.2) is 32.5 Å². The molecular formula is C17H17N5O2. The first-order chi connectivity index (χ1) is 11.7. The summed E-state index contributed by atoms with van der Waals surface area (Å²) in [6.07, 6.45) is 7.87. The molecule has 24 heavy (non-hydrogen) atoms. The standard InChI is InChI=1S/C17H17N5O2/c1-10-7-13-15(16-18-5-6-22(10)16)12(9-19-13)17(23)21-11-3-4-14(24-2)20-8-11/h3-6,8-10,19H,7H2,1-2H3,(H,21,23)/t10-/m1/s1. The Morgan fingerprint density at radius 1 is 1.42 bits per heavy atom. The number of imidazole rings is 1. The molecular weight excluding hydrogens is 306 g/mol. The second-order valence-electron chi connectivity index (χ2n) is 5.81. The zero-order valence-corrected chi connectivity index (χ0v) is 13.4. The van der Waals surface area contributed by atoms with Crippen LogP contribution in [0.15, 0.2) is 36.9 Å². The molecule has 0 radical (unpaired) electrons. The Balaban J connectivity index is 1.65. The van der Waals surface area contributed by atoms with E-state index in [1.165, 1.54) is 0 Å². The lowest BCUT2D eigenvalue weighted by molar-refractivity contribution is 0.102. The van der Waals surface area contributed by atoms with Crippen molar-refractivity contribution in [2.24, 2.45) is 0 Å². The number of fused-ring (bicyclic) bond motifs is 3. The van der Waals surface area contributed by atoms with Gasteiger partial charge in [0.15, 0.2) is 0 Å². The zero-order chi connectivity index (χ0) is 16.7. The maximum Gasteiger partial charge on any atom is 0.258 e. The van der Waals surface area contributed by atoms with Crippen LogP contribution >= 0.6 is 0 Å². The minimum atomic E-state index is -0.191. The molecule has 0 saturated heterocycles. The third-order valence-corrected chi connectivity index (χ3v) is 4.28. The number of nitrogens with zero attached hydrogens (tertiary/aromatic N) is 3. The molecule has 1 aliphatic heterocycles. The van der Waals surface area contributed by atoms with Crippen molar-refractivity contribution in [3.8, 4) is 17.3 Å². The summed E-state index contributed by atoms with van der Waals surface area (Å²) in [6.45, 7) is 2.14. The third-order valence-electron chi connectivity index (χ3n) is 4.28. The second-order valence-corrected chi connectivity index (χ2v) is 5.81. The maximum absolute atomic E-state index is 12.7. The summed E-state index contributed by atoms with van der Waals surface area (Å²) in [4.78, 5) is 24.4. The van der Waals surface area contributed by atoms with Crippen LogP contribution in [0.25, 0.3) is 11.4 Å². The number of carbonyl (C=O) groups is 1. The van der Waals surface area contributed by atoms with Gasteiger partial charge >= 0.3 is 0 Å². The first-order valence-electron chi connectivity index (χ1n) is 7.72. The van der Waals surface area contributed by atoms with Gasteiger partial charge in [-0.1, -0.05) is 0 Å². The number of H-pyrrole nitrogens is 1. The molecule has 0 aromatic carbocycles. The molecule has 0 unspecified atom stereocenters. The number of carbonyl (C=O) groups excluding carboxylic acids is 1. The summed E-state index contributed by atoms with van der Waals surface area (Å²) in [5, 5.41) is 2.87. The third kappa shape index (κ3) is 2.25. The smallest absolute Gasteiger partial charge is 0.258 e. The van der Waals surface area contributed by atoms with Gasteiger partial charge in [-0.25, -0.2) is 9.97 Å². The summed E-state index contributed by atoms with van der Waals surface area (Å²) in [7, 11) is 1.55. The zero-order valence-electron chi connectivity index (χ0n) is 13.4. The van der Waals surface area contributed by atoms with E-state index in [-0.39, 0.29) is 5.91 Å². The molecule has 4 rings (SSSR count). The van der Waals surface area contributed by atoms with E-state index in [9.17, 15) is 4.79 Å². The van der Waals surface area contributed by atoms with Gasteiger partial charge in [0.2, 0.25) is 5.88 Å². The number of rotatable bonds is 3. The van der Waals surface area contributed by atoms with Crippen molar-refractivity contribution >= 4 is 11.6 Å². The van der Waals surface area contributed by atoms with Crippen molar-refractivity contribution in [3.63, 3.8) is 0 Å². The lowest BCUT2D eigenvalue weighted by Crippen LogP contribution is -2.18. The number of nitrogens with one attached hydrogen (secondary N) is 2. The first-order valence-corrected chi connectivity index (χ1v) is 7.72. The van der Waals surface area contributed by atoms with Gasteiger partial charge in [0.1, 0.15) is 5.82 Å². The predicted octanol–water partition coefficient (Wildman–Crippen LogP) is 2.65. The minimum absolute atomic E-state index is 0.191. The van der Waals surface area contributed by atoms with E-state index in [2.05, 4.69) is 31.8 Å². The molecule has 0 spiro atoms. The fourth-order valence-corrected chi connectivity index (χ4v) is 3.09. The van der Waals surface area contributed by atoms with Crippen molar-refractivity contribution in [3.05, 3.63) is 48.2 Å². The number of ether oxygens (including phenoxy) is 1. The first kappa shape index (κ1) is 14.5. The Morgan fingerprint density at radius 3 is 3.04 bits per heavy atom. The molecule has 0 saturated carbocycles. The lowest BCUT2D eigenvalue weighted by Gasteiger charge is -2.22. The monoisotopic (exact) mass is 323 g/mol. The normalized spacial score (nSPS) is 15.5. The van der Waals surface area contributed by atoms with Crippen LogP contribution in [0, 0.1) is 0 Å². The Hall–Kier alpha value is -3.09. The fraction of sp³-hybridized carbons (Fsp3) is 0.235. The molecule has 0 aliphatic carbocycles. The van der Waals surface area contributed by atoms with Gasteiger partial charge in [0.25, 0.3) is 5.91 Å². The van der Waals surface area contributed by atoms with E-state index in [0.29, 0.717) is 23.2 Å². The molecule has 2 N–H and O–H groups in total. The molecule has 4 heterocycles. The summed E-state index contributed by atoms with van der Waals surface area (Å²) >= 11 is 0. The average Bonchev–Trinajstić information content (AvgIpc) is 3.22. The highest BCUT2D eigenvalue weighted by Gasteiger charge is 2.28. The SMILES string of the molecule is COc1ccc(NC(=O)c2c[nH]c3c2-c2nccn2[C@H](C)C3)cn1. The van der Waals surface area contributed by atoms with Crippen molar-refractivity contribution in [1.82, 2.24) is 19.5 Å². The average molecular weight is 323 g/mol. The highest BCUT2D eigenvalue weighted by Crippen LogP contribution is 2.35. The Kier molecular flexibility index (Phi) is 3.34. The van der Waals surface area contributed by atoms with E-state index >= 15 is 0 Å². The number of anilines is 1. The minimum Gasteiger partial charge on any atom is -0.481 e. The summed E-state index contributed by atoms with van der Waals surface area (Å²) in [6, 6.07) is 3.78. The van der Waals surface area contributed by atoms with Crippen LogP contribution in [-0.2, 0) is 6.42 Å². The Morgan fingerprint density at radius 2 is 2.29 bits per heavy atom. The molecule has 1 aliphatic rings. The van der Waals surface area contributed by atoms with Crippen molar-refractivity contribution < 1.29 is 9.53 Å². The van der Waals surface area contributed by atoms with Crippen molar-refractivity contribution in [2.45, 2.75) is 19.4 Å². The van der Waals surface area contributed by atoms with Crippen LogP contribution in [0.3, 0.4) is 0 Å². The number of hydrogen-bond acceptors (Lipinski definition) is 4. The van der Waals surface area contributed by atoms with Crippen molar-refractivity contribution in [1.29, 1.82) is 0 Å². The molecule has 7 heteroatoms. The fourth-order valence-electron chi connectivity index (χ4n) is 3.09. The van der Waals surface area contributed by atoms with Crippen LogP contribution < -0.4 is 10.1 Å². The van der Waals surface area contributed by atoms with Crippen LogP contribution in [0.2, 0.25) is 0 Å². The highest BCUT2D eigenvalue weighted by atomic mass is 16.5. The summed E-state index contributed by atoms with van der Waals surface area (Å²) < 4.78 is 7.12. The van der Waals surface area contributed by atoms with Gasteiger partial charge in [-0.3, -0.25) is 4.79 Å². The molecule has 7 nitrogen and oxygen atoms in total. The molecule has 122 valence electrons. The molecule has 3 aromatic rings. The lowest BCUT2D eigenvalue weighted by atomic mass is 10.0. The van der Waals surface area contributed by atoms with E-state index in [0.717, 1.165) is 23.5 Å². The number of aromatic amines is 1. The van der Waals surface area contributed by atoms with Crippen LogP contribution in [0.1, 0.15) is 29.0 Å². The number of hydrogen-bond donors (Lipinski definition) is 2. The predicted molar refractivity (Wildman–Crippen MR) is 89.2 cm³/mol. The van der Waals surface area contributed by atoms with Gasteiger partial charge in [-0.15, -0.1) is 0 Å². The Labute approximate surface area is 138 Å². The molecule has 0 bridgehead atoms. The molecule has 0 fully saturated rings. The largest absolute Gasteiger partial charge is 0.481 e. The van der Waals surface area contributed by atoms with E-state index in [1.54, 1.807) is 37.8 Å². The highest BCUT2D eigenvalue weighted by molar-refractivity contribution is 6.08. The van der Waals surface area contributed by atoms with Crippen LogP contribution in [0.5, 0.6) is 5.88 Å². The van der Waals surface area contributed by atoms with E-state index in [1.807, 2.05) is 6.20 Å². The van der Waals surface area contributed by atoms with Gasteiger partial charge in [-0.2, -0.15) is 0 Å². The number of methoxy groups -OCH3 is 1. The van der Waals surface area contributed by atoms with E-state index in [4.69, 9.17) is 4.74 Å². The summed E-state index contributed by atoms with van der Waals surface area (Å²) in [5.74, 6) is 1.13. The molecule has 1 amide bonds. The number of pyridine rings is 1. The van der Waals surface area contributed by atoms with Crippen molar-refractivity contribution in [2.75, 3.05) is 12.4 Å². The van der Waals surface area contributed by atoms with Gasteiger partial charge in [0.05, 0.1) is 30.1 Å². The quantitative estimate of drug-likeness (QED) is 0.776. The van der Waals surface area contributed by atoms with Gasteiger partial charge in [-0.05, 0) is 13.0 Å². The molecule has 3 aromatic heterocycles. The molecule has 1 atom stereocenters. The number of amides is 1. The Bertz CT molecular complexity index is 894. The topological polar surface area (TPSA) is 84.8 Å².